The fraction of sp³-hybridized carbons (Fsp3) is 0.226. The van der Waals surface area contributed by atoms with Gasteiger partial charge >= 0.3 is 0 Å². The molecular weight excluding hydrogens is 416 g/mol. The fourth-order valence-corrected chi connectivity index (χ4v) is 4.51. The minimum Gasteiger partial charge on any atom is -0.455 e. The van der Waals surface area contributed by atoms with Crippen LogP contribution in [0, 0.1) is 26.3 Å². The predicted molar refractivity (Wildman–Crippen MR) is 140 cm³/mol. The highest BCUT2D eigenvalue weighted by Crippen LogP contribution is 2.42. The molecule has 0 atom stereocenters. The Hall–Kier alpha value is -3.90. The maximum Gasteiger partial charge on any atom is 0.216 e. The minimum atomic E-state index is -1.76. The molecule has 3 heteroatoms. The van der Waals surface area contributed by atoms with E-state index in [9.17, 15) is 0 Å². The number of nitrogens with zero attached hydrogens (tertiary/aromatic N) is 2. The van der Waals surface area contributed by atoms with Gasteiger partial charge in [-0.1, -0.05) is 56.3 Å². The Bertz CT molecular complexity index is 1750. The van der Waals surface area contributed by atoms with Crippen molar-refractivity contribution in [2.75, 3.05) is 0 Å². The van der Waals surface area contributed by atoms with Crippen molar-refractivity contribution in [3.63, 3.8) is 0 Å². The maximum absolute atomic E-state index is 9.02. The van der Waals surface area contributed by atoms with Gasteiger partial charge in [0.05, 0.1) is 14.9 Å². The zero-order valence-corrected chi connectivity index (χ0v) is 20.1. The molecule has 0 aliphatic carbocycles. The van der Waals surface area contributed by atoms with Crippen LogP contribution < -0.4 is 4.57 Å². The number of benzene rings is 3. The first-order chi connectivity index (χ1) is 18.0. The second kappa shape index (κ2) is 8.47. The largest absolute Gasteiger partial charge is 0.455 e. The number of rotatable bonds is 4. The Balaban J connectivity index is 1.90. The molecule has 0 N–H and O–H groups in total. The van der Waals surface area contributed by atoms with Crippen LogP contribution in [0.25, 0.3) is 49.2 Å². The van der Waals surface area contributed by atoms with Crippen molar-refractivity contribution in [2.45, 2.75) is 34.1 Å². The Morgan fingerprint density at radius 1 is 1.03 bits per heavy atom. The SMILES string of the molecule is [2H]c1c([2H])c(-c2c(C)ccc3c2oc2c(-c4ccccc4)cc([N+]#[C-])cc23)[n+](C)c(C)c1C([2H])([2H])C(C)C. The summed E-state index contributed by atoms with van der Waals surface area (Å²) in [4.78, 5) is 3.70. The van der Waals surface area contributed by atoms with Gasteiger partial charge in [0.15, 0.2) is 11.4 Å². The topological polar surface area (TPSA) is 21.4 Å². The lowest BCUT2D eigenvalue weighted by molar-refractivity contribution is -0.667. The van der Waals surface area contributed by atoms with Gasteiger partial charge in [-0.25, -0.2) is 4.85 Å². The third-order valence-corrected chi connectivity index (χ3v) is 6.32. The molecule has 3 nitrogen and oxygen atoms in total. The molecule has 0 saturated heterocycles. The summed E-state index contributed by atoms with van der Waals surface area (Å²) >= 11 is 0. The van der Waals surface area contributed by atoms with Crippen molar-refractivity contribution >= 4 is 27.6 Å². The number of aryl methyl sites for hydroxylation is 1. The van der Waals surface area contributed by atoms with Crippen molar-refractivity contribution in [2.24, 2.45) is 13.0 Å². The zero-order valence-electron chi connectivity index (χ0n) is 24.1. The monoisotopic (exact) mass is 449 g/mol. The molecular formula is C31H29N2O+. The van der Waals surface area contributed by atoms with Crippen LogP contribution >= 0.6 is 0 Å². The van der Waals surface area contributed by atoms with Gasteiger partial charge in [0, 0.05) is 37.6 Å². The summed E-state index contributed by atoms with van der Waals surface area (Å²) in [6.45, 7) is 15.0. The van der Waals surface area contributed by atoms with E-state index in [0.29, 0.717) is 33.8 Å². The first-order valence-corrected chi connectivity index (χ1v) is 11.4. The van der Waals surface area contributed by atoms with Crippen LogP contribution in [0.15, 0.2) is 71.1 Å². The Morgan fingerprint density at radius 2 is 1.79 bits per heavy atom. The van der Waals surface area contributed by atoms with Gasteiger partial charge in [-0.2, -0.15) is 4.57 Å². The smallest absolute Gasteiger partial charge is 0.216 e. The number of hydrogen-bond acceptors (Lipinski definition) is 1. The van der Waals surface area contributed by atoms with Gasteiger partial charge in [-0.15, -0.1) is 0 Å². The van der Waals surface area contributed by atoms with E-state index in [2.05, 4.69) is 4.85 Å². The van der Waals surface area contributed by atoms with Crippen LogP contribution in [0.2, 0.25) is 0 Å². The molecule has 2 aromatic heterocycles. The highest BCUT2D eigenvalue weighted by molar-refractivity contribution is 6.14. The second-order valence-corrected chi connectivity index (χ2v) is 9.00. The Kier molecular flexibility index (Phi) is 4.37. The van der Waals surface area contributed by atoms with Gasteiger partial charge in [-0.05, 0) is 48.5 Å². The van der Waals surface area contributed by atoms with E-state index in [-0.39, 0.29) is 23.6 Å². The lowest BCUT2D eigenvalue weighted by Gasteiger charge is -2.11. The second-order valence-electron chi connectivity index (χ2n) is 9.00. The van der Waals surface area contributed by atoms with Crippen molar-refractivity contribution in [1.29, 1.82) is 0 Å². The number of furan rings is 1. The number of hydrogen-bond donors (Lipinski definition) is 0. The van der Waals surface area contributed by atoms with E-state index >= 15 is 0 Å². The fourth-order valence-electron chi connectivity index (χ4n) is 4.51. The Morgan fingerprint density at radius 3 is 2.50 bits per heavy atom. The van der Waals surface area contributed by atoms with E-state index in [1.54, 1.807) is 20.8 Å². The lowest BCUT2D eigenvalue weighted by Crippen LogP contribution is -2.36. The van der Waals surface area contributed by atoms with E-state index in [0.717, 1.165) is 27.5 Å². The predicted octanol–water partition coefficient (Wildman–Crippen LogP) is 8.11. The van der Waals surface area contributed by atoms with Crippen molar-refractivity contribution in [3.05, 3.63) is 94.9 Å². The molecule has 0 spiro atoms. The first kappa shape index (κ1) is 17.6. The average molecular weight is 450 g/mol. The highest BCUT2D eigenvalue weighted by Gasteiger charge is 2.24. The summed E-state index contributed by atoms with van der Waals surface area (Å²) in [6, 6.07) is 17.3. The lowest BCUT2D eigenvalue weighted by atomic mass is 9.96. The summed E-state index contributed by atoms with van der Waals surface area (Å²) in [5.41, 5.74) is 6.45. The molecule has 0 bridgehead atoms. The molecule has 0 fully saturated rings. The van der Waals surface area contributed by atoms with Gasteiger partial charge in [0.1, 0.15) is 18.2 Å². The van der Waals surface area contributed by atoms with Crippen molar-refractivity contribution in [3.8, 4) is 22.4 Å². The molecule has 0 amide bonds. The summed E-state index contributed by atoms with van der Waals surface area (Å²) in [7, 11) is 1.81. The molecule has 0 saturated carbocycles. The zero-order chi connectivity index (χ0) is 27.5. The summed E-state index contributed by atoms with van der Waals surface area (Å²) in [5.74, 6) is -0.357. The molecule has 2 heterocycles. The van der Waals surface area contributed by atoms with E-state index in [1.165, 1.54) is 0 Å². The number of pyridine rings is 1. The first-order valence-electron chi connectivity index (χ1n) is 13.4. The molecule has 0 aliphatic heterocycles. The number of fused-ring (bicyclic) bond motifs is 3. The van der Waals surface area contributed by atoms with E-state index in [1.807, 2.05) is 73.1 Å². The van der Waals surface area contributed by atoms with Crippen LogP contribution in [-0.4, -0.2) is 0 Å². The molecule has 0 aliphatic rings. The number of aromatic nitrogens is 1. The molecule has 168 valence electrons. The van der Waals surface area contributed by atoms with E-state index < -0.39 is 6.37 Å². The third kappa shape index (κ3) is 3.56. The molecule has 34 heavy (non-hydrogen) atoms. The highest BCUT2D eigenvalue weighted by atomic mass is 16.3. The standard InChI is InChI=1S/C31H29N2O/c1-19(2)16-23-13-15-28(33(6)21(23)4)29-20(3)12-14-25-27-18-24(32-5)17-26(30(27)34-31(25)29)22-10-8-7-9-11-22/h7-15,17-19H,16H2,1-4,6H3/q+1/i13D,15D,16D2. The summed E-state index contributed by atoms with van der Waals surface area (Å²) < 4.78 is 43.6. The molecule has 0 unspecified atom stereocenters. The Labute approximate surface area is 206 Å². The summed E-state index contributed by atoms with van der Waals surface area (Å²) in [6.07, 6.45) is -1.76. The van der Waals surface area contributed by atoms with Crippen molar-refractivity contribution in [1.82, 2.24) is 0 Å². The van der Waals surface area contributed by atoms with Gasteiger partial charge < -0.3 is 4.42 Å². The molecule has 3 aromatic carbocycles. The third-order valence-electron chi connectivity index (χ3n) is 6.32. The minimum absolute atomic E-state index is 0.0428. The van der Waals surface area contributed by atoms with Crippen LogP contribution in [0.5, 0.6) is 0 Å². The quantitative estimate of drug-likeness (QED) is 0.200. The summed E-state index contributed by atoms with van der Waals surface area (Å²) in [5, 5.41) is 1.65. The van der Waals surface area contributed by atoms with Crippen LogP contribution in [-0.2, 0) is 13.4 Å². The molecule has 5 aromatic rings. The normalized spacial score (nSPS) is 13.6. The van der Waals surface area contributed by atoms with Crippen LogP contribution in [0.1, 0.15) is 36.2 Å². The average Bonchev–Trinajstić information content (AvgIpc) is 3.27. The molecule has 5 rings (SSSR count). The van der Waals surface area contributed by atoms with Gasteiger partial charge in [-0.3, -0.25) is 0 Å². The van der Waals surface area contributed by atoms with E-state index in [4.69, 9.17) is 16.5 Å². The molecule has 0 radical (unpaired) electrons. The van der Waals surface area contributed by atoms with Crippen LogP contribution in [0.3, 0.4) is 0 Å². The van der Waals surface area contributed by atoms with Gasteiger partial charge in [0.2, 0.25) is 5.69 Å². The van der Waals surface area contributed by atoms with Crippen LogP contribution in [0.4, 0.5) is 5.69 Å². The maximum atomic E-state index is 9.02. The van der Waals surface area contributed by atoms with Crippen molar-refractivity contribution < 1.29 is 14.5 Å². The van der Waals surface area contributed by atoms with Gasteiger partial charge in [0.25, 0.3) is 0 Å².